The van der Waals surface area contributed by atoms with Gasteiger partial charge in [-0.1, -0.05) is 12.1 Å². The molecule has 11 heavy (non-hydrogen) atoms. The first-order valence-corrected chi connectivity index (χ1v) is 2.79. The first kappa shape index (κ1) is 9.45. The molecule has 0 heterocycles. The minimum absolute atomic E-state index is 0. The van der Waals surface area contributed by atoms with Crippen molar-refractivity contribution in [2.24, 2.45) is 0 Å². The Balaban J connectivity index is 0.000001000. The van der Waals surface area contributed by atoms with Gasteiger partial charge in [-0.3, -0.25) is 0 Å². The molecule has 4 heteroatoms. The molecule has 0 bridgehead atoms. The Bertz CT molecular complexity index is 260. The number of para-hydroxylation sites is 1. The van der Waals surface area contributed by atoms with Crippen molar-refractivity contribution in [1.82, 2.24) is 6.15 Å². The summed E-state index contributed by atoms with van der Waals surface area (Å²) in [5, 5.41) is 8.49. The predicted octanol–water partition coefficient (Wildman–Crippen LogP) is 0.486. The molecule has 4 nitrogen and oxygen atoms in total. The number of carbonyl (C=O) groups is 1. The first-order valence-electron chi connectivity index (χ1n) is 2.79. The van der Waals surface area contributed by atoms with Gasteiger partial charge in [0.15, 0.2) is 0 Å². The van der Waals surface area contributed by atoms with Crippen LogP contribution in [-0.2, 0) is 0 Å². The highest BCUT2D eigenvalue weighted by Crippen LogP contribution is 2.08. The zero-order valence-electron chi connectivity index (χ0n) is 5.69. The van der Waals surface area contributed by atoms with Gasteiger partial charge in [0.1, 0.15) is 0 Å². The van der Waals surface area contributed by atoms with Gasteiger partial charge in [-0.05, 0) is 12.1 Å². The van der Waals surface area contributed by atoms with Crippen LogP contribution in [0.15, 0.2) is 24.3 Å². The second-order valence-electron chi connectivity index (χ2n) is 1.89. The molecule has 0 fully saturated rings. The van der Waals surface area contributed by atoms with Gasteiger partial charge >= 0.3 is 5.97 Å². The SMILES string of the molecule is Nc1ccccc1C(=O)O.[N]. The van der Waals surface area contributed by atoms with E-state index < -0.39 is 5.97 Å². The molecule has 3 N–H and O–H groups in total. The number of carboxylic acids is 1. The van der Waals surface area contributed by atoms with Crippen LogP contribution < -0.4 is 11.9 Å². The summed E-state index contributed by atoms with van der Waals surface area (Å²) in [6, 6.07) is 6.36. The number of rotatable bonds is 1. The third kappa shape index (κ3) is 1.94. The normalized spacial score (nSPS) is 8.36. The Kier molecular flexibility index (Phi) is 3.07. The number of nitrogens with zero attached hydrogens (tertiary/aromatic N) is 1. The highest BCUT2D eigenvalue weighted by Gasteiger charge is 2.03. The van der Waals surface area contributed by atoms with Gasteiger partial charge in [0.05, 0.1) is 5.56 Å². The van der Waals surface area contributed by atoms with E-state index in [1.165, 1.54) is 6.07 Å². The molecule has 0 unspecified atom stereocenters. The maximum Gasteiger partial charge on any atom is 0.337 e. The molecule has 0 atom stereocenters. The van der Waals surface area contributed by atoms with Crippen molar-refractivity contribution in [1.29, 1.82) is 0 Å². The van der Waals surface area contributed by atoms with Crippen molar-refractivity contribution in [2.75, 3.05) is 5.73 Å². The molecule has 0 aliphatic rings. The molecule has 3 radical (unpaired) electrons. The molecule has 1 aromatic carbocycles. The number of hydrogen-bond acceptors (Lipinski definition) is 2. The van der Waals surface area contributed by atoms with Crippen LogP contribution in [0.25, 0.3) is 0 Å². The second-order valence-corrected chi connectivity index (χ2v) is 1.89. The van der Waals surface area contributed by atoms with E-state index in [1.807, 2.05) is 0 Å². The molecule has 1 aromatic rings. The lowest BCUT2D eigenvalue weighted by Gasteiger charge is -1.96. The van der Waals surface area contributed by atoms with Crippen molar-refractivity contribution >= 4 is 11.7 Å². The topological polar surface area (TPSA) is 93.8 Å². The second kappa shape index (κ2) is 3.58. The number of benzene rings is 1. The fourth-order valence-corrected chi connectivity index (χ4v) is 0.692. The summed E-state index contributed by atoms with van der Waals surface area (Å²) in [6.07, 6.45) is 0. The van der Waals surface area contributed by atoms with Crippen molar-refractivity contribution in [2.45, 2.75) is 0 Å². The molecule has 0 saturated carbocycles. The quantitative estimate of drug-likeness (QED) is 0.571. The van der Waals surface area contributed by atoms with Gasteiger partial charge in [-0.15, -0.1) is 0 Å². The predicted molar refractivity (Wildman–Crippen MR) is 39.9 cm³/mol. The molecule has 57 valence electrons. The van der Waals surface area contributed by atoms with Crippen LogP contribution in [-0.4, -0.2) is 11.1 Å². The summed E-state index contributed by atoms with van der Waals surface area (Å²) in [4.78, 5) is 10.3. The average Bonchev–Trinajstić information content (AvgIpc) is 1.88. The monoisotopic (exact) mass is 151 g/mol. The minimum Gasteiger partial charge on any atom is -0.478 e. The summed E-state index contributed by atoms with van der Waals surface area (Å²) in [5.41, 5.74) is 5.80. The molecule has 0 amide bonds. The van der Waals surface area contributed by atoms with E-state index in [0.717, 1.165) is 0 Å². The number of nitrogens with two attached hydrogens (primary N) is 1. The summed E-state index contributed by atoms with van der Waals surface area (Å²) in [5.74, 6) is -0.988. The van der Waals surface area contributed by atoms with Crippen LogP contribution in [0, 0.1) is 0 Å². The van der Waals surface area contributed by atoms with Crippen LogP contribution in [0.4, 0.5) is 5.69 Å². The Morgan fingerprint density at radius 3 is 2.27 bits per heavy atom. The molecule has 0 spiro atoms. The number of carboxylic acid groups (broad SMARTS) is 1. The van der Waals surface area contributed by atoms with E-state index in [-0.39, 0.29) is 11.7 Å². The zero-order valence-corrected chi connectivity index (χ0v) is 5.69. The van der Waals surface area contributed by atoms with Gasteiger partial charge in [0.25, 0.3) is 0 Å². The van der Waals surface area contributed by atoms with E-state index in [9.17, 15) is 4.79 Å². The van der Waals surface area contributed by atoms with Crippen LogP contribution in [0.5, 0.6) is 0 Å². The molecular formula is C7H7N2O2. The van der Waals surface area contributed by atoms with Crippen molar-refractivity contribution in [3.05, 3.63) is 29.8 Å². The summed E-state index contributed by atoms with van der Waals surface area (Å²) in [7, 11) is 0. The van der Waals surface area contributed by atoms with Gasteiger partial charge < -0.3 is 10.8 Å². The maximum atomic E-state index is 10.3. The minimum atomic E-state index is -0.988. The number of aromatic carboxylic acids is 1. The lowest BCUT2D eigenvalue weighted by molar-refractivity contribution is 0.0698. The largest absolute Gasteiger partial charge is 0.478 e. The Morgan fingerprint density at radius 1 is 1.36 bits per heavy atom. The van der Waals surface area contributed by atoms with Crippen LogP contribution in [0.1, 0.15) is 10.4 Å². The van der Waals surface area contributed by atoms with Crippen molar-refractivity contribution in [3.8, 4) is 0 Å². The van der Waals surface area contributed by atoms with Gasteiger partial charge in [-0.25, -0.2) is 4.79 Å². The number of anilines is 1. The Hall–Kier alpha value is -1.55. The van der Waals surface area contributed by atoms with Crippen LogP contribution in [0.3, 0.4) is 0 Å². The van der Waals surface area contributed by atoms with E-state index in [2.05, 4.69) is 0 Å². The lowest BCUT2D eigenvalue weighted by atomic mass is 10.2. The lowest BCUT2D eigenvalue weighted by Crippen LogP contribution is -2.00. The van der Waals surface area contributed by atoms with E-state index in [0.29, 0.717) is 5.69 Å². The van der Waals surface area contributed by atoms with E-state index in [4.69, 9.17) is 10.8 Å². The standard InChI is InChI=1S/C7H7NO2.N/c8-6-4-2-1-3-5(6)7(9)10;/h1-4H,8H2,(H,9,10);. The third-order valence-corrected chi connectivity index (χ3v) is 1.19. The van der Waals surface area contributed by atoms with Gasteiger partial charge in [-0.2, -0.15) is 0 Å². The summed E-state index contributed by atoms with van der Waals surface area (Å²) >= 11 is 0. The fraction of sp³-hybridized carbons (Fsp3) is 0. The molecule has 0 aromatic heterocycles. The molecule has 0 aliphatic carbocycles. The summed E-state index contributed by atoms with van der Waals surface area (Å²) < 4.78 is 0. The molecule has 0 saturated heterocycles. The highest BCUT2D eigenvalue weighted by molar-refractivity contribution is 5.93. The number of hydrogen-bond donors (Lipinski definition) is 2. The maximum absolute atomic E-state index is 10.3. The van der Waals surface area contributed by atoms with Crippen molar-refractivity contribution < 1.29 is 9.90 Å². The van der Waals surface area contributed by atoms with Crippen LogP contribution >= 0.6 is 0 Å². The summed E-state index contributed by atoms with van der Waals surface area (Å²) in [6.45, 7) is 0. The average molecular weight is 151 g/mol. The van der Waals surface area contributed by atoms with Crippen LogP contribution in [0.2, 0.25) is 0 Å². The first-order chi connectivity index (χ1) is 4.72. The smallest absolute Gasteiger partial charge is 0.337 e. The van der Waals surface area contributed by atoms with Crippen molar-refractivity contribution in [3.63, 3.8) is 0 Å². The molecule has 0 aliphatic heterocycles. The highest BCUT2D eigenvalue weighted by atomic mass is 16.4. The van der Waals surface area contributed by atoms with E-state index >= 15 is 0 Å². The molecular weight excluding hydrogens is 144 g/mol. The Morgan fingerprint density at radius 2 is 1.91 bits per heavy atom. The Labute approximate surface area is 64.2 Å². The number of nitrogen functional groups attached to an aromatic ring is 1. The van der Waals surface area contributed by atoms with Gasteiger partial charge in [0, 0.05) is 11.8 Å². The van der Waals surface area contributed by atoms with E-state index in [1.54, 1.807) is 18.2 Å². The molecule has 1 rings (SSSR count). The zero-order chi connectivity index (χ0) is 7.56. The van der Waals surface area contributed by atoms with Gasteiger partial charge in [0.2, 0.25) is 0 Å². The fourth-order valence-electron chi connectivity index (χ4n) is 0.692. The third-order valence-electron chi connectivity index (χ3n) is 1.19.